The summed E-state index contributed by atoms with van der Waals surface area (Å²) in [5, 5.41) is 16.0. The van der Waals surface area contributed by atoms with Crippen molar-refractivity contribution in [2.24, 2.45) is 10.1 Å². The van der Waals surface area contributed by atoms with Gasteiger partial charge in [-0.3, -0.25) is 10.2 Å². The van der Waals surface area contributed by atoms with Crippen LogP contribution in [0, 0.1) is 19.3 Å². The Morgan fingerprint density at radius 3 is 2.57 bits per heavy atom. The number of nitrogens with one attached hydrogen (secondary N) is 1. The van der Waals surface area contributed by atoms with Crippen LogP contribution in [0.5, 0.6) is 0 Å². The number of carbonyl (C=O) groups is 1. The highest BCUT2D eigenvalue weighted by Crippen LogP contribution is 2.31. The summed E-state index contributed by atoms with van der Waals surface area (Å²) in [7, 11) is 0. The monoisotopic (exact) mass is 418 g/mol. The van der Waals surface area contributed by atoms with Crippen molar-refractivity contribution in [3.8, 4) is 5.69 Å². The minimum atomic E-state index is -0.388. The Hall–Kier alpha value is -3.13. The molecule has 1 fully saturated rings. The van der Waals surface area contributed by atoms with Crippen molar-refractivity contribution < 1.29 is 4.79 Å². The first-order chi connectivity index (χ1) is 14.5. The van der Waals surface area contributed by atoms with Gasteiger partial charge in [0.2, 0.25) is 5.17 Å². The number of benzene rings is 1. The van der Waals surface area contributed by atoms with Gasteiger partial charge in [0.15, 0.2) is 11.0 Å². The second-order valence-electron chi connectivity index (χ2n) is 7.59. The van der Waals surface area contributed by atoms with E-state index >= 15 is 0 Å². The van der Waals surface area contributed by atoms with Gasteiger partial charge in [-0.15, -0.1) is 5.10 Å². The summed E-state index contributed by atoms with van der Waals surface area (Å²) < 4.78 is 2.15. The average Bonchev–Trinajstić information content (AvgIpc) is 3.45. The predicted molar refractivity (Wildman–Crippen MR) is 121 cm³/mol. The number of thioether (sulfide) groups is 1. The van der Waals surface area contributed by atoms with Gasteiger partial charge in [-0.2, -0.15) is 10.0 Å². The second-order valence-corrected chi connectivity index (χ2v) is 8.53. The van der Waals surface area contributed by atoms with E-state index in [1.165, 1.54) is 16.8 Å². The summed E-state index contributed by atoms with van der Waals surface area (Å²) >= 11 is 1.37. The number of hydrogen-bond donors (Lipinski definition) is 1. The van der Waals surface area contributed by atoms with Crippen LogP contribution in [0.15, 0.2) is 52.1 Å². The van der Waals surface area contributed by atoms with Crippen LogP contribution in [0.1, 0.15) is 29.8 Å². The maximum Gasteiger partial charge on any atom is 0.283 e. The molecule has 1 saturated heterocycles. The Morgan fingerprint density at radius 1 is 1.10 bits per heavy atom. The topological polar surface area (TPSA) is 77.1 Å². The lowest BCUT2D eigenvalue weighted by Gasteiger charge is -2.20. The van der Waals surface area contributed by atoms with E-state index in [0.717, 1.165) is 53.7 Å². The van der Waals surface area contributed by atoms with Gasteiger partial charge in [-0.1, -0.05) is 18.2 Å². The summed E-state index contributed by atoms with van der Waals surface area (Å²) in [4.78, 5) is 19.2. The van der Waals surface area contributed by atoms with E-state index in [1.807, 2.05) is 38.1 Å². The molecule has 1 aromatic heterocycles. The molecular formula is C22H22N6OS. The van der Waals surface area contributed by atoms with Crippen molar-refractivity contribution in [2.45, 2.75) is 26.7 Å². The third kappa shape index (κ3) is 3.08. The third-order valence-electron chi connectivity index (χ3n) is 5.60. The number of amides is 1. The zero-order valence-corrected chi connectivity index (χ0v) is 17.7. The van der Waals surface area contributed by atoms with Gasteiger partial charge < -0.3 is 9.47 Å². The smallest absolute Gasteiger partial charge is 0.283 e. The Labute approximate surface area is 179 Å². The molecule has 4 heterocycles. The lowest BCUT2D eigenvalue weighted by atomic mass is 10.1. The van der Waals surface area contributed by atoms with Gasteiger partial charge >= 0.3 is 0 Å². The number of aromatic nitrogens is 1. The minimum absolute atomic E-state index is 0.0798. The van der Waals surface area contributed by atoms with E-state index in [1.54, 1.807) is 6.08 Å². The van der Waals surface area contributed by atoms with Crippen LogP contribution in [0.2, 0.25) is 0 Å². The largest absolute Gasteiger partial charge is 0.349 e. The third-order valence-corrected chi connectivity index (χ3v) is 6.57. The number of nitrogens with zero attached hydrogens (tertiary/aromatic N) is 5. The number of amidine groups is 3. The van der Waals surface area contributed by atoms with Gasteiger partial charge in [-0.05, 0) is 68.3 Å². The molecule has 0 spiro atoms. The van der Waals surface area contributed by atoms with Crippen LogP contribution in [0.3, 0.4) is 0 Å². The highest BCUT2D eigenvalue weighted by atomic mass is 32.2. The molecule has 0 atom stereocenters. The fourth-order valence-corrected chi connectivity index (χ4v) is 5.03. The molecule has 2 aromatic rings. The molecule has 1 N–H and O–H groups in total. The Bertz CT molecular complexity index is 1140. The predicted octanol–water partition coefficient (Wildman–Crippen LogP) is 3.77. The first kappa shape index (κ1) is 18.9. The van der Waals surface area contributed by atoms with Crippen molar-refractivity contribution in [3.63, 3.8) is 0 Å². The van der Waals surface area contributed by atoms with Crippen LogP contribution in [0.4, 0.5) is 0 Å². The van der Waals surface area contributed by atoms with Crippen molar-refractivity contribution in [1.82, 2.24) is 14.5 Å². The quantitative estimate of drug-likeness (QED) is 0.754. The molecule has 0 bridgehead atoms. The maximum atomic E-state index is 12.7. The first-order valence-corrected chi connectivity index (χ1v) is 10.8. The van der Waals surface area contributed by atoms with E-state index in [2.05, 4.69) is 31.7 Å². The number of hydrazone groups is 1. The fraction of sp³-hybridized carbons (Fsp3) is 0.273. The average molecular weight is 419 g/mol. The van der Waals surface area contributed by atoms with Gasteiger partial charge in [0.05, 0.1) is 5.57 Å². The van der Waals surface area contributed by atoms with Crippen molar-refractivity contribution in [2.75, 3.05) is 13.1 Å². The van der Waals surface area contributed by atoms with E-state index in [9.17, 15) is 4.79 Å². The SMILES string of the molecule is Cc1cc(/C=C2/C(=N)N3N=C(N4CCCC4)SC3=NC2=O)c(C)n1-c1ccccc1. The number of para-hydroxylation sites is 1. The molecule has 0 radical (unpaired) electrons. The minimum Gasteiger partial charge on any atom is -0.349 e. The van der Waals surface area contributed by atoms with Crippen molar-refractivity contribution >= 4 is 39.9 Å². The molecule has 5 rings (SSSR count). The molecule has 3 aliphatic rings. The highest BCUT2D eigenvalue weighted by molar-refractivity contribution is 8.26. The standard InChI is InChI=1S/C22H22N6OS/c1-14-12-16(15(2)27(14)17-8-4-3-5-9-17)13-18-19(23)28-21(24-20(18)29)30-22(25-28)26-10-6-7-11-26/h3-5,8-9,12-13,23H,6-7,10-11H2,1-2H3/b18-13-,23-19?. The number of hydrogen-bond acceptors (Lipinski definition) is 5. The summed E-state index contributed by atoms with van der Waals surface area (Å²) in [5.74, 6) is -0.308. The van der Waals surface area contributed by atoms with Crippen LogP contribution < -0.4 is 0 Å². The van der Waals surface area contributed by atoms with Gasteiger partial charge in [0.25, 0.3) is 5.91 Å². The van der Waals surface area contributed by atoms with Gasteiger partial charge in [-0.25, -0.2) is 0 Å². The zero-order chi connectivity index (χ0) is 20.8. The fourth-order valence-electron chi connectivity index (χ4n) is 4.08. The molecule has 7 nitrogen and oxygen atoms in total. The summed E-state index contributed by atoms with van der Waals surface area (Å²) in [6, 6.07) is 12.1. The van der Waals surface area contributed by atoms with Gasteiger partial charge in [0, 0.05) is 30.2 Å². The van der Waals surface area contributed by atoms with E-state index < -0.39 is 0 Å². The zero-order valence-electron chi connectivity index (χ0n) is 16.9. The van der Waals surface area contributed by atoms with E-state index in [-0.39, 0.29) is 17.3 Å². The summed E-state index contributed by atoms with van der Waals surface area (Å²) in [6.45, 7) is 5.98. The molecule has 0 unspecified atom stereocenters. The highest BCUT2D eigenvalue weighted by Gasteiger charge is 2.37. The molecule has 1 aromatic carbocycles. The van der Waals surface area contributed by atoms with E-state index in [0.29, 0.717) is 5.17 Å². The molecule has 0 saturated carbocycles. The van der Waals surface area contributed by atoms with Crippen molar-refractivity contribution in [3.05, 3.63) is 58.9 Å². The number of carbonyl (C=O) groups excluding carboxylic acids is 1. The van der Waals surface area contributed by atoms with Crippen LogP contribution in [0.25, 0.3) is 11.8 Å². The number of aryl methyl sites for hydroxylation is 1. The molecule has 152 valence electrons. The van der Waals surface area contributed by atoms with Crippen molar-refractivity contribution in [1.29, 1.82) is 5.41 Å². The summed E-state index contributed by atoms with van der Waals surface area (Å²) in [5.41, 5.74) is 4.31. The Morgan fingerprint density at radius 2 is 1.83 bits per heavy atom. The number of fused-ring (bicyclic) bond motifs is 1. The Kier molecular flexibility index (Phi) is 4.58. The molecule has 30 heavy (non-hydrogen) atoms. The molecule has 0 aliphatic carbocycles. The second kappa shape index (κ2) is 7.28. The maximum absolute atomic E-state index is 12.7. The van der Waals surface area contributed by atoms with Crippen LogP contribution in [-0.2, 0) is 4.79 Å². The van der Waals surface area contributed by atoms with Crippen LogP contribution >= 0.6 is 11.8 Å². The lowest BCUT2D eigenvalue weighted by molar-refractivity contribution is -0.114. The molecule has 8 heteroatoms. The number of rotatable bonds is 2. The summed E-state index contributed by atoms with van der Waals surface area (Å²) in [6.07, 6.45) is 4.05. The molecule has 3 aliphatic heterocycles. The molecular weight excluding hydrogens is 396 g/mol. The molecule has 1 amide bonds. The number of aliphatic imine (C=N–C) groups is 1. The van der Waals surface area contributed by atoms with Gasteiger partial charge in [0.1, 0.15) is 0 Å². The van der Waals surface area contributed by atoms with Crippen LogP contribution in [-0.4, -0.2) is 49.6 Å². The first-order valence-electron chi connectivity index (χ1n) is 10.0. The lowest BCUT2D eigenvalue weighted by Crippen LogP contribution is -2.35. The number of likely N-dealkylation sites (tertiary alicyclic amines) is 1. The van der Waals surface area contributed by atoms with E-state index in [4.69, 9.17) is 5.41 Å². The normalized spacial score (nSPS) is 20.1. The Balaban J connectivity index is 1.50.